The van der Waals surface area contributed by atoms with Crippen LogP contribution in [0.1, 0.15) is 11.3 Å². The van der Waals surface area contributed by atoms with Crippen LogP contribution in [-0.4, -0.2) is 9.55 Å². The lowest BCUT2D eigenvalue weighted by molar-refractivity contribution is -0.141. The van der Waals surface area contributed by atoms with Gasteiger partial charge in [0, 0.05) is 6.07 Å². The topological polar surface area (TPSA) is 46.9 Å². The van der Waals surface area contributed by atoms with Gasteiger partial charge in [0.1, 0.15) is 0 Å². The minimum Gasteiger partial charge on any atom is -0.324 e. The van der Waals surface area contributed by atoms with Gasteiger partial charge in [0.05, 0.1) is 27.3 Å². The zero-order valence-corrected chi connectivity index (χ0v) is 16.2. The molecule has 1 aromatic heterocycles. The number of nitrogens with one attached hydrogen (secondary N) is 1. The molecule has 0 aliphatic rings. The molecule has 0 saturated heterocycles. The van der Waals surface area contributed by atoms with Gasteiger partial charge in [0.15, 0.2) is 5.69 Å². The number of nitrogens with zero attached hydrogens (tertiary/aromatic N) is 2. The number of hydrogen-bond donors (Lipinski definition) is 1. The standard InChI is InChI=1S/C18H11Cl3F3N3O/c19-11-6-13(21)14(7-12(11)20)25-17-26-15(18(22,23)24)8-16(28)27(17)9-10-4-2-1-3-5-10/h1-8H,9H2,(H,25,26). The van der Waals surface area contributed by atoms with Gasteiger partial charge in [-0.3, -0.25) is 9.36 Å². The van der Waals surface area contributed by atoms with Crippen molar-refractivity contribution in [3.8, 4) is 0 Å². The molecule has 0 aliphatic heterocycles. The molecular formula is C18H11Cl3F3N3O. The molecule has 0 aliphatic carbocycles. The maximum Gasteiger partial charge on any atom is 0.433 e. The minimum atomic E-state index is -4.79. The molecule has 146 valence electrons. The molecule has 0 unspecified atom stereocenters. The van der Waals surface area contributed by atoms with E-state index in [9.17, 15) is 18.0 Å². The first-order valence-electron chi connectivity index (χ1n) is 7.79. The van der Waals surface area contributed by atoms with Crippen LogP contribution in [0.2, 0.25) is 15.1 Å². The lowest BCUT2D eigenvalue weighted by atomic mass is 10.2. The van der Waals surface area contributed by atoms with Crippen molar-refractivity contribution in [2.45, 2.75) is 12.7 Å². The molecule has 1 N–H and O–H groups in total. The summed E-state index contributed by atoms with van der Waals surface area (Å²) in [6.45, 7) is 0.00604. The van der Waals surface area contributed by atoms with Gasteiger partial charge in [-0.1, -0.05) is 65.1 Å². The fourth-order valence-electron chi connectivity index (χ4n) is 2.40. The molecule has 3 rings (SSSR count). The molecule has 28 heavy (non-hydrogen) atoms. The van der Waals surface area contributed by atoms with E-state index in [0.29, 0.717) is 11.6 Å². The van der Waals surface area contributed by atoms with E-state index in [2.05, 4.69) is 10.3 Å². The van der Waals surface area contributed by atoms with Gasteiger partial charge < -0.3 is 5.32 Å². The molecule has 0 atom stereocenters. The van der Waals surface area contributed by atoms with E-state index in [1.54, 1.807) is 30.3 Å². The molecule has 0 saturated carbocycles. The van der Waals surface area contributed by atoms with Crippen molar-refractivity contribution >= 4 is 46.4 Å². The van der Waals surface area contributed by atoms with Crippen molar-refractivity contribution in [3.63, 3.8) is 0 Å². The Bertz CT molecular complexity index is 1070. The van der Waals surface area contributed by atoms with Gasteiger partial charge in [-0.15, -0.1) is 0 Å². The number of halogens is 6. The van der Waals surface area contributed by atoms with Crippen molar-refractivity contribution in [1.82, 2.24) is 9.55 Å². The average Bonchev–Trinajstić information content (AvgIpc) is 2.62. The second-order valence-electron chi connectivity index (χ2n) is 5.74. The molecule has 0 amide bonds. The summed E-state index contributed by atoms with van der Waals surface area (Å²) in [7, 11) is 0. The second-order valence-corrected chi connectivity index (χ2v) is 6.97. The number of hydrogen-bond acceptors (Lipinski definition) is 3. The highest BCUT2D eigenvalue weighted by Gasteiger charge is 2.34. The number of rotatable bonds is 4. The molecular weight excluding hydrogens is 438 g/mol. The molecule has 1 heterocycles. The zero-order valence-electron chi connectivity index (χ0n) is 13.9. The maximum absolute atomic E-state index is 13.1. The summed E-state index contributed by atoms with van der Waals surface area (Å²) in [4.78, 5) is 16.0. The van der Waals surface area contributed by atoms with Gasteiger partial charge in [-0.25, -0.2) is 4.98 Å². The summed E-state index contributed by atoms with van der Waals surface area (Å²) in [5.74, 6) is -0.330. The molecule has 4 nitrogen and oxygen atoms in total. The Morgan fingerprint density at radius 2 is 1.61 bits per heavy atom. The first-order valence-corrected chi connectivity index (χ1v) is 8.93. The Hall–Kier alpha value is -2.22. The normalized spacial score (nSPS) is 11.5. The average molecular weight is 449 g/mol. The van der Waals surface area contributed by atoms with Crippen LogP contribution in [0.4, 0.5) is 24.8 Å². The van der Waals surface area contributed by atoms with Crippen LogP contribution in [-0.2, 0) is 12.7 Å². The minimum absolute atomic E-state index is 0.00604. The summed E-state index contributed by atoms with van der Waals surface area (Å²) < 4.78 is 40.5. The van der Waals surface area contributed by atoms with E-state index >= 15 is 0 Å². The molecule has 0 radical (unpaired) electrons. The van der Waals surface area contributed by atoms with E-state index < -0.39 is 17.4 Å². The third kappa shape index (κ3) is 4.60. The number of benzene rings is 2. The van der Waals surface area contributed by atoms with Gasteiger partial charge in [0.2, 0.25) is 5.95 Å². The van der Waals surface area contributed by atoms with Crippen LogP contribution in [0.5, 0.6) is 0 Å². The molecule has 0 bridgehead atoms. The number of aromatic nitrogens is 2. The molecule has 0 spiro atoms. The summed E-state index contributed by atoms with van der Waals surface area (Å²) in [5.41, 5.74) is -1.33. The fourth-order valence-corrected chi connectivity index (χ4v) is 3.00. The van der Waals surface area contributed by atoms with Crippen LogP contribution >= 0.6 is 34.8 Å². The number of anilines is 2. The Morgan fingerprint density at radius 1 is 0.964 bits per heavy atom. The Labute approximate surface area is 172 Å². The van der Waals surface area contributed by atoms with E-state index in [1.807, 2.05) is 0 Å². The van der Waals surface area contributed by atoms with Crippen LogP contribution in [0.25, 0.3) is 0 Å². The van der Waals surface area contributed by atoms with Crippen LogP contribution in [0.3, 0.4) is 0 Å². The zero-order chi connectivity index (χ0) is 20.5. The van der Waals surface area contributed by atoms with E-state index in [1.165, 1.54) is 12.1 Å². The molecule has 3 aromatic rings. The lowest BCUT2D eigenvalue weighted by Gasteiger charge is -2.17. The van der Waals surface area contributed by atoms with Gasteiger partial charge in [0.25, 0.3) is 5.56 Å². The van der Waals surface area contributed by atoms with Crippen LogP contribution in [0, 0.1) is 0 Å². The predicted molar refractivity (Wildman–Crippen MR) is 104 cm³/mol. The van der Waals surface area contributed by atoms with Crippen LogP contribution < -0.4 is 10.9 Å². The number of alkyl halides is 3. The predicted octanol–water partition coefficient (Wildman–Crippen LogP) is 6.01. The van der Waals surface area contributed by atoms with Crippen molar-refractivity contribution < 1.29 is 13.2 Å². The second kappa shape index (κ2) is 8.03. The Balaban J connectivity index is 2.12. The monoisotopic (exact) mass is 447 g/mol. The van der Waals surface area contributed by atoms with Crippen LogP contribution in [0.15, 0.2) is 53.3 Å². The van der Waals surface area contributed by atoms with E-state index in [4.69, 9.17) is 34.8 Å². The van der Waals surface area contributed by atoms with Gasteiger partial charge in [-0.2, -0.15) is 13.2 Å². The maximum atomic E-state index is 13.1. The van der Waals surface area contributed by atoms with Crippen molar-refractivity contribution in [1.29, 1.82) is 0 Å². The fraction of sp³-hybridized carbons (Fsp3) is 0.111. The van der Waals surface area contributed by atoms with Crippen molar-refractivity contribution in [2.24, 2.45) is 0 Å². The SMILES string of the molecule is O=c1cc(C(F)(F)F)nc(Nc2cc(Cl)c(Cl)cc2Cl)n1Cc1ccccc1. The molecule has 2 aromatic carbocycles. The smallest absolute Gasteiger partial charge is 0.324 e. The third-order valence-electron chi connectivity index (χ3n) is 3.74. The first-order chi connectivity index (χ1) is 13.1. The van der Waals surface area contributed by atoms with Gasteiger partial charge in [-0.05, 0) is 17.7 Å². The van der Waals surface area contributed by atoms with Crippen molar-refractivity contribution in [3.05, 3.63) is 85.2 Å². The Morgan fingerprint density at radius 3 is 2.25 bits per heavy atom. The Kier molecular flexibility index (Phi) is 5.88. The van der Waals surface area contributed by atoms with Gasteiger partial charge >= 0.3 is 6.18 Å². The molecule has 0 fully saturated rings. The first kappa shape index (κ1) is 20.5. The summed E-state index contributed by atoms with van der Waals surface area (Å²) >= 11 is 17.9. The highest BCUT2D eigenvalue weighted by molar-refractivity contribution is 6.44. The highest BCUT2D eigenvalue weighted by atomic mass is 35.5. The highest BCUT2D eigenvalue weighted by Crippen LogP contribution is 2.34. The van der Waals surface area contributed by atoms with Crippen molar-refractivity contribution in [2.75, 3.05) is 5.32 Å². The lowest BCUT2D eigenvalue weighted by Crippen LogP contribution is -2.27. The summed E-state index contributed by atoms with van der Waals surface area (Å²) in [5, 5.41) is 3.08. The largest absolute Gasteiger partial charge is 0.433 e. The molecule has 10 heteroatoms. The summed E-state index contributed by atoms with van der Waals surface area (Å²) in [6.07, 6.45) is -4.79. The third-order valence-corrected chi connectivity index (χ3v) is 4.77. The van der Waals surface area contributed by atoms with E-state index in [-0.39, 0.29) is 33.2 Å². The quantitative estimate of drug-likeness (QED) is 0.497. The summed E-state index contributed by atoms with van der Waals surface area (Å²) in [6, 6.07) is 11.9. The van der Waals surface area contributed by atoms with E-state index in [0.717, 1.165) is 4.57 Å².